The topological polar surface area (TPSA) is 91.0 Å². The van der Waals surface area contributed by atoms with Gasteiger partial charge in [-0.25, -0.2) is 4.98 Å². The van der Waals surface area contributed by atoms with Gasteiger partial charge in [-0.1, -0.05) is 6.07 Å². The van der Waals surface area contributed by atoms with Crippen LogP contribution in [0.4, 0.5) is 5.69 Å². The molecule has 4 rings (SSSR count). The molecule has 28 heavy (non-hydrogen) atoms. The van der Waals surface area contributed by atoms with Gasteiger partial charge in [-0.2, -0.15) is 5.26 Å². The number of pyridine rings is 2. The summed E-state index contributed by atoms with van der Waals surface area (Å²) in [5.41, 5.74) is 7.05. The van der Waals surface area contributed by atoms with Gasteiger partial charge < -0.3 is 5.32 Å². The van der Waals surface area contributed by atoms with E-state index in [0.29, 0.717) is 29.1 Å². The summed E-state index contributed by atoms with van der Waals surface area (Å²) >= 11 is 0. The third-order valence-electron chi connectivity index (χ3n) is 4.62. The minimum absolute atomic E-state index is 0.304. The molecule has 0 fully saturated rings. The molecular weight excluding hydrogens is 350 g/mol. The van der Waals surface area contributed by atoms with Crippen molar-refractivity contribution in [1.29, 1.82) is 5.26 Å². The Labute approximate surface area is 162 Å². The number of benzene rings is 1. The fourth-order valence-corrected chi connectivity index (χ4v) is 3.27. The van der Waals surface area contributed by atoms with Crippen LogP contribution in [0.5, 0.6) is 0 Å². The molecule has 136 valence electrons. The first-order chi connectivity index (χ1) is 13.5. The highest BCUT2D eigenvalue weighted by molar-refractivity contribution is 6.16. The molecule has 0 atom stereocenters. The van der Waals surface area contributed by atoms with E-state index in [1.165, 1.54) is 6.20 Å². The molecule has 0 saturated carbocycles. The van der Waals surface area contributed by atoms with E-state index >= 15 is 0 Å². The van der Waals surface area contributed by atoms with Gasteiger partial charge in [0.2, 0.25) is 0 Å². The fraction of sp³-hybridized carbons (Fsp3) is 0.136. The minimum Gasteiger partial charge on any atom is -0.321 e. The Morgan fingerprint density at radius 2 is 2.00 bits per heavy atom. The predicted octanol–water partition coefficient (Wildman–Crippen LogP) is 3.57. The van der Waals surface area contributed by atoms with Crippen LogP contribution in [0, 0.1) is 25.2 Å². The summed E-state index contributed by atoms with van der Waals surface area (Å²) < 4.78 is 0. The first kappa shape index (κ1) is 17.6. The predicted molar refractivity (Wildman–Crippen MR) is 106 cm³/mol. The summed E-state index contributed by atoms with van der Waals surface area (Å²) in [6, 6.07) is 13.4. The van der Waals surface area contributed by atoms with Crippen molar-refractivity contribution in [2.45, 2.75) is 20.4 Å². The maximum atomic E-state index is 12.6. The minimum atomic E-state index is -0.307. The van der Waals surface area contributed by atoms with Gasteiger partial charge in [0.1, 0.15) is 11.8 Å². The molecule has 6 nitrogen and oxygen atoms in total. The Morgan fingerprint density at radius 3 is 2.75 bits per heavy atom. The third kappa shape index (κ3) is 3.26. The lowest BCUT2D eigenvalue weighted by atomic mass is 9.99. The number of carbonyl (C=O) groups is 1. The van der Waals surface area contributed by atoms with E-state index in [0.717, 1.165) is 28.1 Å². The van der Waals surface area contributed by atoms with E-state index in [-0.39, 0.29) is 5.91 Å². The smallest absolute Gasteiger partial charge is 0.274 e. The summed E-state index contributed by atoms with van der Waals surface area (Å²) in [5.74, 6) is -0.307. The average Bonchev–Trinajstić information content (AvgIpc) is 3.11. The van der Waals surface area contributed by atoms with E-state index in [9.17, 15) is 4.79 Å². The van der Waals surface area contributed by atoms with Crippen molar-refractivity contribution < 1.29 is 4.79 Å². The number of aliphatic imine (C=N–C) groups is 1. The standard InChI is InChI=1S/C22H17N5O/c1-13-7-15(10-23)11-25-20(13)22(28)27-18-4-3-17-12-26-21(19(17)9-18)16-5-6-24-14(2)8-16/h3-9,11H,12H2,1-2H3,(H,27,28). The lowest BCUT2D eigenvalue weighted by Crippen LogP contribution is -2.16. The van der Waals surface area contributed by atoms with Gasteiger partial charge in [0.05, 0.1) is 17.8 Å². The number of hydrogen-bond donors (Lipinski definition) is 1. The SMILES string of the molecule is Cc1cc(C2=NCc3ccc(NC(=O)c4ncc(C#N)cc4C)cc32)ccn1. The van der Waals surface area contributed by atoms with Gasteiger partial charge >= 0.3 is 0 Å². The largest absolute Gasteiger partial charge is 0.321 e. The van der Waals surface area contributed by atoms with Crippen molar-refractivity contribution in [1.82, 2.24) is 9.97 Å². The third-order valence-corrected chi connectivity index (χ3v) is 4.62. The van der Waals surface area contributed by atoms with Gasteiger partial charge in [0.15, 0.2) is 0 Å². The molecule has 0 bridgehead atoms. The lowest BCUT2D eigenvalue weighted by Gasteiger charge is -2.10. The number of aromatic nitrogens is 2. The maximum absolute atomic E-state index is 12.6. The second-order valence-corrected chi connectivity index (χ2v) is 6.68. The van der Waals surface area contributed by atoms with Crippen LogP contribution in [-0.2, 0) is 6.54 Å². The van der Waals surface area contributed by atoms with Crippen LogP contribution < -0.4 is 5.32 Å². The normalized spacial score (nSPS) is 12.1. The highest BCUT2D eigenvalue weighted by Crippen LogP contribution is 2.26. The van der Waals surface area contributed by atoms with Crippen LogP contribution in [0.3, 0.4) is 0 Å². The molecule has 3 heterocycles. The Kier molecular flexibility index (Phi) is 4.42. The Hall–Kier alpha value is -3.85. The summed E-state index contributed by atoms with van der Waals surface area (Å²) in [6.07, 6.45) is 3.18. The van der Waals surface area contributed by atoms with Crippen molar-refractivity contribution in [3.05, 3.63) is 88.0 Å². The zero-order valence-electron chi connectivity index (χ0n) is 15.5. The number of nitrogens with one attached hydrogen (secondary N) is 1. The summed E-state index contributed by atoms with van der Waals surface area (Å²) in [6.45, 7) is 4.34. The Balaban J connectivity index is 1.62. The van der Waals surface area contributed by atoms with Gasteiger partial charge in [-0.3, -0.25) is 14.8 Å². The zero-order valence-corrected chi connectivity index (χ0v) is 15.5. The number of aryl methyl sites for hydroxylation is 2. The van der Waals surface area contributed by atoms with E-state index < -0.39 is 0 Å². The number of nitrogens with zero attached hydrogens (tertiary/aromatic N) is 4. The number of rotatable bonds is 3. The number of carbonyl (C=O) groups excluding carboxylic acids is 1. The second-order valence-electron chi connectivity index (χ2n) is 6.68. The van der Waals surface area contributed by atoms with Crippen molar-refractivity contribution in [3.63, 3.8) is 0 Å². The number of nitriles is 1. The lowest BCUT2D eigenvalue weighted by molar-refractivity contribution is 0.102. The Morgan fingerprint density at radius 1 is 1.14 bits per heavy atom. The van der Waals surface area contributed by atoms with Gasteiger partial charge in [-0.15, -0.1) is 0 Å². The van der Waals surface area contributed by atoms with Crippen molar-refractivity contribution in [2.75, 3.05) is 5.32 Å². The molecule has 1 aliphatic heterocycles. The van der Waals surface area contributed by atoms with Crippen LogP contribution in [0.25, 0.3) is 0 Å². The van der Waals surface area contributed by atoms with E-state index in [1.54, 1.807) is 19.2 Å². The molecule has 2 aromatic heterocycles. The van der Waals surface area contributed by atoms with E-state index in [4.69, 9.17) is 5.26 Å². The van der Waals surface area contributed by atoms with Crippen molar-refractivity contribution in [3.8, 4) is 6.07 Å². The molecule has 0 unspecified atom stereocenters. The van der Waals surface area contributed by atoms with Crippen LogP contribution in [0.15, 0.2) is 53.8 Å². The molecule has 1 amide bonds. The fourth-order valence-electron chi connectivity index (χ4n) is 3.27. The van der Waals surface area contributed by atoms with Crippen LogP contribution in [0.1, 0.15) is 44.0 Å². The molecular formula is C22H17N5O. The molecule has 1 aliphatic rings. The number of hydrogen-bond acceptors (Lipinski definition) is 5. The van der Waals surface area contributed by atoms with Crippen LogP contribution in [0.2, 0.25) is 0 Å². The van der Waals surface area contributed by atoms with Gasteiger partial charge in [0, 0.05) is 34.9 Å². The summed E-state index contributed by atoms with van der Waals surface area (Å²) in [5, 5.41) is 11.8. The molecule has 0 radical (unpaired) electrons. The van der Waals surface area contributed by atoms with Crippen molar-refractivity contribution >= 4 is 17.3 Å². The highest BCUT2D eigenvalue weighted by Gasteiger charge is 2.19. The van der Waals surface area contributed by atoms with Gasteiger partial charge in [0.25, 0.3) is 5.91 Å². The molecule has 0 saturated heterocycles. The quantitative estimate of drug-likeness (QED) is 0.766. The maximum Gasteiger partial charge on any atom is 0.274 e. The molecule has 0 spiro atoms. The average molecular weight is 367 g/mol. The first-order valence-electron chi connectivity index (χ1n) is 8.84. The van der Waals surface area contributed by atoms with Crippen molar-refractivity contribution in [2.24, 2.45) is 4.99 Å². The number of amides is 1. The molecule has 1 aromatic carbocycles. The van der Waals surface area contributed by atoms with E-state index in [2.05, 4.69) is 20.3 Å². The van der Waals surface area contributed by atoms with Gasteiger partial charge in [-0.05, 0) is 55.3 Å². The monoisotopic (exact) mass is 367 g/mol. The highest BCUT2D eigenvalue weighted by atomic mass is 16.1. The molecule has 1 N–H and O–H groups in total. The zero-order chi connectivity index (χ0) is 19.7. The van der Waals surface area contributed by atoms with Crippen LogP contribution >= 0.6 is 0 Å². The molecule has 6 heteroatoms. The van der Waals surface area contributed by atoms with Crippen LogP contribution in [-0.4, -0.2) is 21.6 Å². The molecule has 0 aliphatic carbocycles. The summed E-state index contributed by atoms with van der Waals surface area (Å²) in [4.78, 5) is 25.7. The second kappa shape index (κ2) is 7.05. The Bertz CT molecular complexity index is 1170. The molecule has 3 aromatic rings. The number of anilines is 1. The summed E-state index contributed by atoms with van der Waals surface area (Å²) in [7, 11) is 0. The van der Waals surface area contributed by atoms with E-state index in [1.807, 2.05) is 43.3 Å². The number of fused-ring (bicyclic) bond motifs is 1. The first-order valence-corrected chi connectivity index (χ1v) is 8.84.